The van der Waals surface area contributed by atoms with Crippen molar-refractivity contribution in [3.05, 3.63) is 101 Å². The summed E-state index contributed by atoms with van der Waals surface area (Å²) in [5, 5.41) is 16.8. The molecule has 0 unspecified atom stereocenters. The number of rotatable bonds is 5. The van der Waals surface area contributed by atoms with Gasteiger partial charge in [-0.15, -0.1) is 0 Å². The van der Waals surface area contributed by atoms with Crippen LogP contribution < -0.4 is 0 Å². The minimum atomic E-state index is 0.206. The molecule has 0 atom stereocenters. The van der Waals surface area contributed by atoms with Gasteiger partial charge < -0.3 is 9.67 Å². The van der Waals surface area contributed by atoms with Crippen molar-refractivity contribution < 1.29 is 5.11 Å². The molecule has 2 aliphatic rings. The maximum Gasteiger partial charge on any atom is 0.118 e. The minimum absolute atomic E-state index is 0.206. The molecule has 7 nitrogen and oxygen atoms in total. The smallest absolute Gasteiger partial charge is 0.118 e. The first-order valence-corrected chi connectivity index (χ1v) is 13.1. The van der Waals surface area contributed by atoms with Crippen molar-refractivity contribution in [2.75, 3.05) is 6.61 Å². The summed E-state index contributed by atoms with van der Waals surface area (Å²) in [6, 6.07) is 8.13. The van der Waals surface area contributed by atoms with Gasteiger partial charge >= 0.3 is 0 Å². The van der Waals surface area contributed by atoms with Crippen LogP contribution in [-0.2, 0) is 13.0 Å². The summed E-state index contributed by atoms with van der Waals surface area (Å²) >= 11 is 0. The average Bonchev–Trinajstić information content (AvgIpc) is 3.54. The van der Waals surface area contributed by atoms with Gasteiger partial charge in [0.2, 0.25) is 0 Å². The molecule has 0 saturated heterocycles. The second-order valence-electron chi connectivity index (χ2n) is 9.69. The van der Waals surface area contributed by atoms with Gasteiger partial charge in [0.15, 0.2) is 0 Å². The maximum atomic E-state index is 9.30. The van der Waals surface area contributed by atoms with Gasteiger partial charge in [0.05, 0.1) is 17.1 Å². The van der Waals surface area contributed by atoms with Crippen molar-refractivity contribution in [3.8, 4) is 22.6 Å². The number of aryl methyl sites for hydroxylation is 3. The topological polar surface area (TPSA) is 92.5 Å². The van der Waals surface area contributed by atoms with E-state index in [9.17, 15) is 5.11 Å². The van der Waals surface area contributed by atoms with E-state index < -0.39 is 0 Å². The van der Waals surface area contributed by atoms with Crippen molar-refractivity contribution >= 4 is 17.7 Å². The van der Waals surface area contributed by atoms with E-state index in [2.05, 4.69) is 68.5 Å². The number of hydrogen-bond donors (Lipinski definition) is 2. The first-order chi connectivity index (χ1) is 18.7. The number of imidazole rings is 1. The number of aliphatic hydroxyl groups excluding tert-OH is 1. The number of aliphatic hydroxyl groups is 1. The highest BCUT2D eigenvalue weighted by molar-refractivity contribution is 5.88. The molecule has 190 valence electrons. The summed E-state index contributed by atoms with van der Waals surface area (Å²) in [5.74, 6) is 1.09. The molecule has 1 aliphatic carbocycles. The lowest BCUT2D eigenvalue weighted by Crippen LogP contribution is -2.07. The fourth-order valence-electron chi connectivity index (χ4n) is 5.08. The number of aromatic amines is 1. The first-order valence-electron chi connectivity index (χ1n) is 13.1. The average molecular weight is 503 g/mol. The van der Waals surface area contributed by atoms with Gasteiger partial charge in [0.25, 0.3) is 0 Å². The SMILES string of the molecule is Cc1cccc(-c2n[nH]cc2C2=C\C=C\c3cc(-c4cn5c(n4)CC/C(CCO)=C/CC5)cnc3/C=C\2)n1. The maximum absolute atomic E-state index is 9.30. The third-order valence-corrected chi connectivity index (χ3v) is 7.06. The van der Waals surface area contributed by atoms with Crippen LogP contribution in [0.1, 0.15) is 47.6 Å². The van der Waals surface area contributed by atoms with E-state index in [1.54, 1.807) is 0 Å². The number of fused-ring (bicyclic) bond motifs is 2. The molecule has 0 amide bonds. The van der Waals surface area contributed by atoms with Crippen LogP contribution >= 0.6 is 0 Å². The van der Waals surface area contributed by atoms with Crippen molar-refractivity contribution in [2.45, 2.75) is 39.2 Å². The Bertz CT molecular complexity index is 1600. The minimum Gasteiger partial charge on any atom is -0.396 e. The summed E-state index contributed by atoms with van der Waals surface area (Å²) in [6.45, 7) is 3.09. The highest BCUT2D eigenvalue weighted by Crippen LogP contribution is 2.30. The lowest BCUT2D eigenvalue weighted by molar-refractivity contribution is 0.297. The van der Waals surface area contributed by atoms with E-state index in [-0.39, 0.29) is 6.61 Å². The van der Waals surface area contributed by atoms with Gasteiger partial charge in [-0.25, -0.2) is 4.98 Å². The van der Waals surface area contributed by atoms with Crippen molar-refractivity contribution in [2.24, 2.45) is 0 Å². The van der Waals surface area contributed by atoms with Gasteiger partial charge in [0.1, 0.15) is 11.5 Å². The number of nitrogens with zero attached hydrogens (tertiary/aromatic N) is 5. The molecule has 2 N–H and O–H groups in total. The zero-order valence-electron chi connectivity index (χ0n) is 21.4. The van der Waals surface area contributed by atoms with Crippen LogP contribution in [0.2, 0.25) is 0 Å². The van der Waals surface area contributed by atoms with Crippen LogP contribution in [-0.4, -0.2) is 41.4 Å². The van der Waals surface area contributed by atoms with Crippen LogP contribution in [0.25, 0.3) is 40.4 Å². The Morgan fingerprint density at radius 3 is 2.92 bits per heavy atom. The van der Waals surface area contributed by atoms with Gasteiger partial charge in [-0.2, -0.15) is 5.10 Å². The highest BCUT2D eigenvalue weighted by atomic mass is 16.3. The molecule has 0 fully saturated rings. The van der Waals surface area contributed by atoms with Gasteiger partial charge in [-0.1, -0.05) is 42.0 Å². The summed E-state index contributed by atoms with van der Waals surface area (Å²) < 4.78 is 2.26. The second-order valence-corrected chi connectivity index (χ2v) is 9.69. The van der Waals surface area contributed by atoms with E-state index in [1.165, 1.54) is 5.57 Å². The summed E-state index contributed by atoms with van der Waals surface area (Å²) in [6.07, 6.45) is 22.2. The molecule has 5 heterocycles. The predicted molar refractivity (Wildman–Crippen MR) is 151 cm³/mol. The fraction of sp³-hybridized carbons (Fsp3) is 0.226. The molecular formula is C31H30N6O. The summed E-state index contributed by atoms with van der Waals surface area (Å²) in [7, 11) is 0. The Balaban J connectivity index is 1.26. The van der Waals surface area contributed by atoms with Crippen LogP contribution in [0.4, 0.5) is 0 Å². The van der Waals surface area contributed by atoms with Crippen LogP contribution in [0.15, 0.2) is 72.7 Å². The molecule has 0 spiro atoms. The van der Waals surface area contributed by atoms with E-state index >= 15 is 0 Å². The van der Waals surface area contributed by atoms with E-state index in [4.69, 9.17) is 9.97 Å². The number of nitrogens with one attached hydrogen (secondary N) is 1. The zero-order valence-corrected chi connectivity index (χ0v) is 21.4. The van der Waals surface area contributed by atoms with E-state index in [0.717, 1.165) is 88.8 Å². The largest absolute Gasteiger partial charge is 0.396 e. The van der Waals surface area contributed by atoms with Gasteiger partial charge in [-0.3, -0.25) is 15.1 Å². The molecule has 7 heteroatoms. The lowest BCUT2D eigenvalue weighted by atomic mass is 10.00. The Morgan fingerprint density at radius 2 is 2.03 bits per heavy atom. The summed E-state index contributed by atoms with van der Waals surface area (Å²) in [5.41, 5.74) is 9.91. The number of allylic oxidation sites excluding steroid dienone is 5. The Labute approximate surface area is 222 Å². The third kappa shape index (κ3) is 4.93. The quantitative estimate of drug-likeness (QED) is 0.336. The molecule has 6 rings (SSSR count). The molecular weight excluding hydrogens is 472 g/mol. The molecule has 1 aliphatic heterocycles. The normalized spacial score (nSPS) is 19.4. The van der Waals surface area contributed by atoms with Crippen LogP contribution in [0.5, 0.6) is 0 Å². The molecule has 0 aromatic carbocycles. The zero-order chi connectivity index (χ0) is 25.9. The predicted octanol–water partition coefficient (Wildman–Crippen LogP) is 5.81. The number of hydrogen-bond acceptors (Lipinski definition) is 5. The Hall–Kier alpha value is -4.36. The number of H-pyrrole nitrogens is 1. The third-order valence-electron chi connectivity index (χ3n) is 7.06. The van der Waals surface area contributed by atoms with Gasteiger partial charge in [-0.05, 0) is 56.0 Å². The fourth-order valence-corrected chi connectivity index (χ4v) is 5.08. The van der Waals surface area contributed by atoms with E-state index in [1.807, 2.05) is 37.5 Å². The standard InChI is InChI=1S/C31H30N6O/c1-21-5-2-9-28(34-21)31-26(19-33-36-31)23-7-3-8-24-17-25(18-32-27(24)12-11-23)29-20-37-15-4-6-22(14-16-38)10-13-30(37)35-29/h2-3,5-9,11-12,17-20,38H,4,10,13-16H2,1H3,(H,33,36)/b7-3?,8-3+,12-11-,22-6-,23-7-,23-11?,24-8?,27-12?. The Morgan fingerprint density at radius 1 is 1.08 bits per heavy atom. The summed E-state index contributed by atoms with van der Waals surface area (Å²) in [4.78, 5) is 14.4. The molecule has 38 heavy (non-hydrogen) atoms. The lowest BCUT2D eigenvalue weighted by Gasteiger charge is -2.12. The van der Waals surface area contributed by atoms with E-state index in [0.29, 0.717) is 0 Å². The molecule has 0 bridgehead atoms. The number of aromatic nitrogens is 6. The van der Waals surface area contributed by atoms with Gasteiger partial charge in [0, 0.05) is 60.5 Å². The Kier molecular flexibility index (Phi) is 6.67. The number of pyridine rings is 2. The van der Waals surface area contributed by atoms with Crippen LogP contribution in [0.3, 0.4) is 0 Å². The van der Waals surface area contributed by atoms with Crippen molar-refractivity contribution in [1.82, 2.24) is 29.7 Å². The second kappa shape index (κ2) is 10.6. The molecule has 4 aromatic heterocycles. The first kappa shape index (κ1) is 24.0. The highest BCUT2D eigenvalue weighted by Gasteiger charge is 2.16. The molecule has 0 saturated carbocycles. The molecule has 0 radical (unpaired) electrons. The monoisotopic (exact) mass is 502 g/mol. The molecule has 4 aromatic rings. The van der Waals surface area contributed by atoms with Crippen molar-refractivity contribution in [3.63, 3.8) is 0 Å². The van der Waals surface area contributed by atoms with Crippen molar-refractivity contribution in [1.29, 1.82) is 0 Å². The van der Waals surface area contributed by atoms with Crippen LogP contribution in [0, 0.1) is 6.92 Å².